The molecule has 2 aliphatic heterocycles. The summed E-state index contributed by atoms with van der Waals surface area (Å²) >= 11 is 0. The Bertz CT molecular complexity index is 1350. The summed E-state index contributed by atoms with van der Waals surface area (Å²) in [6.07, 6.45) is -0.265. The lowest BCUT2D eigenvalue weighted by atomic mass is 10.0. The van der Waals surface area contributed by atoms with Crippen LogP contribution in [0.5, 0.6) is 11.5 Å². The number of carbonyl (C=O) groups excluding carboxylic acids is 1. The number of hydrogen-bond donors (Lipinski definition) is 1. The smallest absolute Gasteiger partial charge is 0.329 e. The van der Waals surface area contributed by atoms with Crippen molar-refractivity contribution in [1.82, 2.24) is 19.4 Å². The van der Waals surface area contributed by atoms with Gasteiger partial charge in [0.05, 0.1) is 28.9 Å². The van der Waals surface area contributed by atoms with Crippen LogP contribution in [0.25, 0.3) is 22.3 Å². The van der Waals surface area contributed by atoms with Crippen molar-refractivity contribution >= 4 is 16.9 Å². The Balaban J connectivity index is 1.72. The number of aryl methyl sites for hydroxylation is 1. The molecule has 1 fully saturated rings. The molecule has 4 heterocycles. The van der Waals surface area contributed by atoms with Crippen LogP contribution in [0, 0.1) is 0 Å². The Morgan fingerprint density at radius 2 is 1.81 bits per heavy atom. The van der Waals surface area contributed by atoms with E-state index in [2.05, 4.69) is 9.97 Å². The van der Waals surface area contributed by atoms with Crippen molar-refractivity contribution < 1.29 is 19.0 Å². The van der Waals surface area contributed by atoms with Crippen LogP contribution < -0.4 is 20.7 Å². The first-order valence-corrected chi connectivity index (χ1v) is 10.3. The maximum Gasteiger partial charge on any atom is 0.329 e. The number of carbonyl (C=O) groups is 1. The van der Waals surface area contributed by atoms with Gasteiger partial charge in [-0.15, -0.1) is 0 Å². The highest BCUT2D eigenvalue weighted by Crippen LogP contribution is 2.36. The number of benzene rings is 1. The second kappa shape index (κ2) is 7.49. The fraction of sp³-hybridized carbons (Fsp3) is 0.364. The van der Waals surface area contributed by atoms with Gasteiger partial charge in [0.15, 0.2) is 17.1 Å². The number of nitrogens with zero attached hydrogens (tertiary/aromatic N) is 3. The lowest BCUT2D eigenvalue weighted by Crippen LogP contribution is -2.48. The summed E-state index contributed by atoms with van der Waals surface area (Å²) in [6.45, 7) is 4.72. The monoisotopic (exact) mass is 438 g/mol. The number of hydrogen-bond acceptors (Lipinski definition) is 7. The molecule has 1 N–H and O–H groups in total. The van der Waals surface area contributed by atoms with Gasteiger partial charge in [-0.2, -0.15) is 0 Å². The highest BCUT2D eigenvalue weighted by atomic mass is 16.7. The highest BCUT2D eigenvalue weighted by molar-refractivity contribution is 6.06. The molecule has 0 spiro atoms. The normalized spacial score (nSPS) is 20.0. The maximum absolute atomic E-state index is 13.6. The highest BCUT2D eigenvalue weighted by Gasteiger charge is 2.29. The molecule has 0 radical (unpaired) electrons. The average molecular weight is 438 g/mol. The molecule has 0 saturated carbocycles. The molecule has 5 rings (SSSR count). The van der Waals surface area contributed by atoms with Crippen LogP contribution >= 0.6 is 0 Å². The van der Waals surface area contributed by atoms with Crippen LogP contribution in [0.15, 0.2) is 33.9 Å². The first-order chi connectivity index (χ1) is 15.3. The third-order valence-corrected chi connectivity index (χ3v) is 5.68. The predicted octanol–water partition coefficient (Wildman–Crippen LogP) is 1.27. The van der Waals surface area contributed by atoms with Gasteiger partial charge in [0.25, 0.3) is 11.5 Å². The molecule has 1 saturated heterocycles. The molecule has 166 valence electrons. The van der Waals surface area contributed by atoms with Crippen molar-refractivity contribution in [1.29, 1.82) is 0 Å². The summed E-state index contributed by atoms with van der Waals surface area (Å²) in [5.41, 5.74) is 0.165. The van der Waals surface area contributed by atoms with Crippen molar-refractivity contribution in [3.05, 3.63) is 50.7 Å². The van der Waals surface area contributed by atoms with E-state index >= 15 is 0 Å². The fourth-order valence-corrected chi connectivity index (χ4v) is 4.22. The molecule has 1 aromatic carbocycles. The SMILES string of the molecule is C[C@@H]1CN(C(=O)c2cc(-c3ccc4c(c3)OCO4)nc3c2c(=O)[nH]c(=O)n3C)C[C@H](C)O1. The third-order valence-electron chi connectivity index (χ3n) is 5.68. The summed E-state index contributed by atoms with van der Waals surface area (Å²) in [7, 11) is 1.50. The first-order valence-electron chi connectivity index (χ1n) is 10.3. The van der Waals surface area contributed by atoms with E-state index in [1.807, 2.05) is 13.8 Å². The van der Waals surface area contributed by atoms with E-state index in [1.165, 1.54) is 11.6 Å². The molecular weight excluding hydrogens is 416 g/mol. The fourth-order valence-electron chi connectivity index (χ4n) is 4.22. The standard InChI is InChI=1S/C22H22N4O6/c1-11-8-26(9-12(2)32-11)21(28)14-7-15(13-4-5-16-17(6-13)31-10-30-16)23-19-18(14)20(27)24-22(29)25(19)3/h4-7,11-12H,8-10H2,1-3H3,(H,24,27,29)/t11-,12+. The van der Waals surface area contributed by atoms with E-state index in [1.54, 1.807) is 29.2 Å². The van der Waals surface area contributed by atoms with Gasteiger partial charge in [0.1, 0.15) is 0 Å². The van der Waals surface area contributed by atoms with Crippen molar-refractivity contribution in [3.8, 4) is 22.8 Å². The van der Waals surface area contributed by atoms with Crippen LogP contribution in [-0.4, -0.2) is 57.4 Å². The largest absolute Gasteiger partial charge is 0.454 e. The zero-order valence-corrected chi connectivity index (χ0v) is 17.9. The molecule has 2 aromatic heterocycles. The van der Waals surface area contributed by atoms with Crippen molar-refractivity contribution in [2.45, 2.75) is 26.1 Å². The number of fused-ring (bicyclic) bond motifs is 2. The quantitative estimate of drug-likeness (QED) is 0.641. The van der Waals surface area contributed by atoms with Gasteiger partial charge >= 0.3 is 5.69 Å². The van der Waals surface area contributed by atoms with E-state index in [9.17, 15) is 14.4 Å². The number of nitrogens with one attached hydrogen (secondary N) is 1. The molecule has 2 atom stereocenters. The summed E-state index contributed by atoms with van der Waals surface area (Å²) in [5, 5.41) is 0.0772. The summed E-state index contributed by atoms with van der Waals surface area (Å²) in [5.74, 6) is 0.865. The minimum atomic E-state index is -0.648. The summed E-state index contributed by atoms with van der Waals surface area (Å²) in [4.78, 5) is 47.1. The number of ether oxygens (including phenoxy) is 3. The van der Waals surface area contributed by atoms with Gasteiger partial charge in [0, 0.05) is 25.7 Å². The van der Waals surface area contributed by atoms with Gasteiger partial charge in [0.2, 0.25) is 6.79 Å². The van der Waals surface area contributed by atoms with E-state index in [4.69, 9.17) is 14.2 Å². The zero-order valence-electron chi connectivity index (χ0n) is 17.9. The van der Waals surface area contributed by atoms with Gasteiger partial charge in [-0.25, -0.2) is 9.78 Å². The van der Waals surface area contributed by atoms with Crippen LogP contribution in [0.4, 0.5) is 0 Å². The third kappa shape index (κ3) is 3.32. The molecular formula is C22H22N4O6. The molecule has 0 aliphatic carbocycles. The molecule has 0 bridgehead atoms. The van der Waals surface area contributed by atoms with Crippen molar-refractivity contribution in [2.75, 3.05) is 19.9 Å². The predicted molar refractivity (Wildman–Crippen MR) is 115 cm³/mol. The molecule has 0 unspecified atom stereocenters. The number of aromatic amines is 1. The Hall–Kier alpha value is -3.66. The molecule has 1 amide bonds. The second-order valence-electron chi connectivity index (χ2n) is 8.11. The Kier molecular flexibility index (Phi) is 4.74. The van der Waals surface area contributed by atoms with Gasteiger partial charge in [-0.3, -0.25) is 19.1 Å². The lowest BCUT2D eigenvalue weighted by Gasteiger charge is -2.35. The van der Waals surface area contributed by atoms with Crippen LogP contribution in [0.1, 0.15) is 24.2 Å². The average Bonchev–Trinajstić information content (AvgIpc) is 3.23. The van der Waals surface area contributed by atoms with Crippen molar-refractivity contribution in [3.63, 3.8) is 0 Å². The lowest BCUT2D eigenvalue weighted by molar-refractivity contribution is -0.0585. The van der Waals surface area contributed by atoms with E-state index < -0.39 is 11.2 Å². The molecule has 10 nitrogen and oxygen atoms in total. The Morgan fingerprint density at radius 1 is 1.09 bits per heavy atom. The zero-order chi connectivity index (χ0) is 22.6. The number of aromatic nitrogens is 3. The molecule has 10 heteroatoms. The number of pyridine rings is 1. The first kappa shape index (κ1) is 20.3. The Morgan fingerprint density at radius 3 is 2.56 bits per heavy atom. The molecule has 32 heavy (non-hydrogen) atoms. The van der Waals surface area contributed by atoms with E-state index in [0.29, 0.717) is 35.8 Å². The Labute approximate surface area is 182 Å². The topological polar surface area (TPSA) is 116 Å². The number of amides is 1. The second-order valence-corrected chi connectivity index (χ2v) is 8.11. The van der Waals surface area contributed by atoms with Gasteiger partial charge in [-0.1, -0.05) is 0 Å². The van der Waals surface area contributed by atoms with Crippen LogP contribution in [0.3, 0.4) is 0 Å². The summed E-state index contributed by atoms with van der Waals surface area (Å²) in [6, 6.07) is 6.90. The van der Waals surface area contributed by atoms with Gasteiger partial charge < -0.3 is 19.1 Å². The maximum atomic E-state index is 13.6. The number of H-pyrrole nitrogens is 1. The summed E-state index contributed by atoms with van der Waals surface area (Å²) < 4.78 is 17.8. The van der Waals surface area contributed by atoms with Crippen LogP contribution in [-0.2, 0) is 11.8 Å². The van der Waals surface area contributed by atoms with Gasteiger partial charge in [-0.05, 0) is 38.1 Å². The van der Waals surface area contributed by atoms with Crippen molar-refractivity contribution in [2.24, 2.45) is 7.05 Å². The molecule has 3 aromatic rings. The minimum Gasteiger partial charge on any atom is -0.454 e. The van der Waals surface area contributed by atoms with E-state index in [-0.39, 0.29) is 41.5 Å². The number of morpholine rings is 1. The minimum absolute atomic E-state index is 0.0772. The molecule has 2 aliphatic rings. The number of rotatable bonds is 2. The van der Waals surface area contributed by atoms with Crippen LogP contribution in [0.2, 0.25) is 0 Å². The van der Waals surface area contributed by atoms with E-state index in [0.717, 1.165) is 0 Å².